The first-order valence-electron chi connectivity index (χ1n) is 10.0. The van der Waals surface area contributed by atoms with Crippen LogP contribution in [0.15, 0.2) is 0 Å². The van der Waals surface area contributed by atoms with Gasteiger partial charge in [-0.25, -0.2) is 0 Å². The van der Waals surface area contributed by atoms with Crippen molar-refractivity contribution >= 4 is 103 Å². The summed E-state index contributed by atoms with van der Waals surface area (Å²) < 4.78 is 0. The maximum atomic E-state index is 2.27. The first-order chi connectivity index (χ1) is 11.8. The summed E-state index contributed by atoms with van der Waals surface area (Å²) in [5.74, 6) is 4.50. The normalized spacial score (nSPS) is 8.07. The van der Waals surface area contributed by atoms with Gasteiger partial charge in [-0.1, -0.05) is 118 Å². The fraction of sp³-hybridized carbons (Fsp3) is 1.00. The molecule has 0 fully saturated rings. The van der Waals surface area contributed by atoms with E-state index in [4.69, 9.17) is 0 Å². The summed E-state index contributed by atoms with van der Waals surface area (Å²) in [5.41, 5.74) is 0. The zero-order valence-corrected chi connectivity index (χ0v) is 36.8. The molecule has 0 N–H and O–H groups in total. The molecule has 0 aromatic carbocycles. The standard InChI is InChI=1S/6C3H9Si.C2H6Ge.2Ge/c6*1-4(2)3;1-3-2;;/h6*1-3H3;1-2H3;;. The molecular weight excluding hydrogens is 627 g/mol. The summed E-state index contributed by atoms with van der Waals surface area (Å²) in [5, 5.41) is 0. The van der Waals surface area contributed by atoms with Gasteiger partial charge in [-0.05, 0) is 0 Å². The molecule has 0 aliphatic carbocycles. The molecule has 29 heavy (non-hydrogen) atoms. The van der Waals surface area contributed by atoms with Crippen molar-refractivity contribution < 1.29 is 0 Å². The van der Waals surface area contributed by atoms with Crippen molar-refractivity contribution in [2.24, 2.45) is 0 Å². The van der Waals surface area contributed by atoms with Crippen LogP contribution in [-0.4, -0.2) is 103 Å². The van der Waals surface area contributed by atoms with E-state index < -0.39 is 0 Å². The molecular formula is C20H60Ge3Si6. The van der Waals surface area contributed by atoms with Gasteiger partial charge in [0, 0.05) is 88.0 Å². The van der Waals surface area contributed by atoms with E-state index in [0.29, 0.717) is 15.4 Å². The third kappa shape index (κ3) is 3020. The number of hydrogen-bond donors (Lipinski definition) is 0. The topological polar surface area (TPSA) is 0 Å². The van der Waals surface area contributed by atoms with E-state index >= 15 is 0 Å². The molecule has 0 atom stereocenters. The Balaban J connectivity index is -0.0000000228. The molecule has 0 saturated heterocycles. The van der Waals surface area contributed by atoms with Crippen molar-refractivity contribution in [3.8, 4) is 0 Å². The minimum Gasteiger partial charge on any atom is 0 e. The van der Waals surface area contributed by atoms with Crippen LogP contribution in [0.4, 0.5) is 0 Å². The maximum absolute atomic E-state index is 2.27. The Hall–Kier alpha value is 2.93. The summed E-state index contributed by atoms with van der Waals surface area (Å²) in [6, 6.07) is 0. The van der Waals surface area contributed by atoms with Crippen LogP contribution in [0.3, 0.4) is 0 Å². The number of rotatable bonds is 0. The van der Waals surface area contributed by atoms with Crippen LogP contribution in [0, 0.1) is 0 Å². The first-order valence-corrected chi connectivity index (χ1v) is 32.2. The second kappa shape index (κ2) is 57.6. The van der Waals surface area contributed by atoms with Gasteiger partial charge in [-0.2, -0.15) is 0 Å². The Kier molecular flexibility index (Phi) is 115. The minimum absolute atomic E-state index is 0. The van der Waals surface area contributed by atoms with Gasteiger partial charge in [0.15, 0.2) is 0 Å². The molecule has 0 aromatic heterocycles. The van der Waals surface area contributed by atoms with E-state index in [0.717, 1.165) is 0 Å². The van der Waals surface area contributed by atoms with Crippen molar-refractivity contribution in [1.82, 2.24) is 0 Å². The second-order valence-corrected chi connectivity index (χ2v) is 29.6. The van der Waals surface area contributed by atoms with E-state index in [9.17, 15) is 0 Å². The van der Waals surface area contributed by atoms with Crippen molar-refractivity contribution in [3.05, 3.63) is 0 Å². The average molecular weight is 687 g/mol. The largest absolute Gasteiger partial charge is 0 e. The van der Waals surface area contributed by atoms with Crippen LogP contribution in [0.5, 0.6) is 0 Å². The van der Waals surface area contributed by atoms with Crippen LogP contribution in [0.2, 0.25) is 129 Å². The van der Waals surface area contributed by atoms with E-state index in [-0.39, 0.29) is 88.0 Å². The quantitative estimate of drug-likeness (QED) is 0.225. The van der Waals surface area contributed by atoms with Crippen molar-refractivity contribution in [1.29, 1.82) is 0 Å². The van der Waals surface area contributed by atoms with E-state index in [1.807, 2.05) is 0 Å². The Labute approximate surface area is 230 Å². The molecule has 9 heteroatoms. The maximum Gasteiger partial charge on any atom is 0 e. The fourth-order valence-corrected chi connectivity index (χ4v) is 0. The molecule has 176 valence electrons. The average Bonchev–Trinajstić information content (AvgIpc) is 2.22. The summed E-state index contributed by atoms with van der Waals surface area (Å²) in [6.45, 7) is 40.8. The van der Waals surface area contributed by atoms with Gasteiger partial charge in [-0.3, -0.25) is 0 Å². The Morgan fingerprint density at radius 3 is 0.276 bits per heavy atom. The SMILES string of the molecule is C[Si](C)C.C[Si](C)C.C[Si](C)C.C[Si](C)C.C[Si](C)C.C[Si](C)C.[CH3][Ge][CH3].[Ge].[Ge]. The van der Waals surface area contributed by atoms with Gasteiger partial charge in [0.05, 0.1) is 0 Å². The van der Waals surface area contributed by atoms with E-state index in [2.05, 4.69) is 129 Å². The van der Waals surface area contributed by atoms with Gasteiger partial charge < -0.3 is 0 Å². The molecule has 0 heterocycles. The zero-order chi connectivity index (χ0) is 24.2. The predicted molar refractivity (Wildman–Crippen MR) is 169 cm³/mol. The molecule has 0 aliphatic heterocycles. The summed E-state index contributed by atoms with van der Waals surface area (Å²) in [7, 11) is 0.722. The van der Waals surface area contributed by atoms with E-state index in [1.165, 1.54) is 0 Å². The predicted octanol–water partition coefficient (Wildman–Crippen LogP) is 8.25. The summed E-state index contributed by atoms with van der Waals surface area (Å²) in [6.07, 6.45) is 0. The van der Waals surface area contributed by atoms with E-state index in [1.54, 1.807) is 0 Å². The van der Waals surface area contributed by atoms with Crippen LogP contribution in [-0.2, 0) is 0 Å². The third-order valence-electron chi connectivity index (χ3n) is 0. The molecule has 0 spiro atoms. The monoisotopic (exact) mass is 690 g/mol. The molecule has 0 bridgehead atoms. The minimum atomic E-state index is 0. The fourth-order valence-electron chi connectivity index (χ4n) is 0. The van der Waals surface area contributed by atoms with Gasteiger partial charge in [-0.15, -0.1) is 0 Å². The van der Waals surface area contributed by atoms with Crippen LogP contribution in [0.25, 0.3) is 0 Å². The third-order valence-corrected chi connectivity index (χ3v) is 0. The molecule has 16 radical (unpaired) electrons. The molecule has 0 rings (SSSR count). The van der Waals surface area contributed by atoms with Crippen LogP contribution in [0.1, 0.15) is 0 Å². The van der Waals surface area contributed by atoms with Gasteiger partial charge in [0.2, 0.25) is 0 Å². The van der Waals surface area contributed by atoms with Gasteiger partial charge in [0.25, 0.3) is 0 Å². The Bertz CT molecular complexity index is 121. The van der Waals surface area contributed by atoms with Crippen LogP contribution >= 0.6 is 0 Å². The molecule has 0 unspecified atom stereocenters. The summed E-state index contributed by atoms with van der Waals surface area (Å²) in [4.78, 5) is 0. The molecule has 0 amide bonds. The molecule has 0 aromatic rings. The number of hydrogen-bond acceptors (Lipinski definition) is 0. The molecule has 0 nitrogen and oxygen atoms in total. The van der Waals surface area contributed by atoms with Crippen LogP contribution < -0.4 is 0 Å². The van der Waals surface area contributed by atoms with Gasteiger partial charge in [0.1, 0.15) is 0 Å². The summed E-state index contributed by atoms with van der Waals surface area (Å²) >= 11 is 0.500. The Morgan fingerprint density at radius 1 is 0.276 bits per heavy atom. The van der Waals surface area contributed by atoms with Crippen molar-refractivity contribution in [2.75, 3.05) is 0 Å². The molecule has 0 aliphatic rings. The smallest absolute Gasteiger partial charge is 0 e. The second-order valence-electron chi connectivity index (χ2n) is 9.50. The zero-order valence-electron chi connectivity index (χ0n) is 24.5. The molecule has 0 saturated carbocycles. The first kappa shape index (κ1) is 58.1. The van der Waals surface area contributed by atoms with Gasteiger partial charge >= 0.3 is 26.9 Å². The van der Waals surface area contributed by atoms with Crippen molar-refractivity contribution in [2.45, 2.75) is 129 Å². The Morgan fingerprint density at radius 2 is 0.276 bits per heavy atom. The van der Waals surface area contributed by atoms with Crippen molar-refractivity contribution in [3.63, 3.8) is 0 Å².